The van der Waals surface area contributed by atoms with Gasteiger partial charge in [0.1, 0.15) is 11.5 Å². The van der Waals surface area contributed by atoms with Gasteiger partial charge >= 0.3 is 5.97 Å². The number of aromatic amines is 1. The van der Waals surface area contributed by atoms with E-state index in [1.165, 1.54) is 12.0 Å². The van der Waals surface area contributed by atoms with Crippen LogP contribution in [0.2, 0.25) is 0 Å². The van der Waals surface area contributed by atoms with Crippen molar-refractivity contribution in [2.75, 3.05) is 33.3 Å². The quantitative estimate of drug-likeness (QED) is 0.244. The van der Waals surface area contributed by atoms with E-state index in [-0.39, 0.29) is 17.0 Å². The number of H-pyrrole nitrogens is 1. The molecule has 8 heteroatoms. The number of hydrogen-bond acceptors (Lipinski definition) is 5. The number of rotatable bonds is 8. The average molecular weight is 455 g/mol. The van der Waals surface area contributed by atoms with Gasteiger partial charge in [-0.1, -0.05) is 30.3 Å². The number of Topliss-reactive ketones (excluding diaryl/α,β-unsaturated/α-hetero) is 1. The molecule has 0 saturated carbocycles. The third kappa shape index (κ3) is 4.43. The molecular formula is C25H32N3O5+. The van der Waals surface area contributed by atoms with E-state index in [1.807, 2.05) is 30.3 Å². The van der Waals surface area contributed by atoms with E-state index in [2.05, 4.69) is 18.8 Å². The van der Waals surface area contributed by atoms with Gasteiger partial charge in [-0.05, 0) is 38.8 Å². The predicted molar refractivity (Wildman–Crippen MR) is 124 cm³/mol. The van der Waals surface area contributed by atoms with Crippen LogP contribution in [-0.4, -0.2) is 65.9 Å². The van der Waals surface area contributed by atoms with Crippen LogP contribution in [0.25, 0.3) is 5.76 Å². The average Bonchev–Trinajstić information content (AvgIpc) is 3.26. The van der Waals surface area contributed by atoms with Crippen LogP contribution in [0.4, 0.5) is 0 Å². The second-order valence-corrected chi connectivity index (χ2v) is 8.23. The zero-order valence-corrected chi connectivity index (χ0v) is 19.8. The Morgan fingerprint density at radius 1 is 1.15 bits per heavy atom. The van der Waals surface area contributed by atoms with E-state index in [0.29, 0.717) is 29.9 Å². The molecule has 0 radical (unpaired) electrons. The first kappa shape index (κ1) is 24.3. The molecule has 1 aliphatic rings. The van der Waals surface area contributed by atoms with Crippen molar-refractivity contribution in [3.63, 3.8) is 0 Å². The van der Waals surface area contributed by atoms with E-state index in [0.717, 1.165) is 18.7 Å². The minimum atomic E-state index is -0.726. The number of methoxy groups -OCH3 is 1. The van der Waals surface area contributed by atoms with Crippen LogP contribution in [0.1, 0.15) is 52.8 Å². The fourth-order valence-electron chi connectivity index (χ4n) is 4.52. The monoisotopic (exact) mass is 454 g/mol. The van der Waals surface area contributed by atoms with Gasteiger partial charge in [-0.15, -0.1) is 0 Å². The summed E-state index contributed by atoms with van der Waals surface area (Å²) in [5.41, 5.74) is 2.28. The smallest absolute Gasteiger partial charge is 0.354 e. The van der Waals surface area contributed by atoms with Crippen LogP contribution in [0.5, 0.6) is 0 Å². The van der Waals surface area contributed by atoms with Crippen LogP contribution in [-0.2, 0) is 14.3 Å². The van der Waals surface area contributed by atoms with Gasteiger partial charge in [-0.2, -0.15) is 0 Å². The van der Waals surface area contributed by atoms with Gasteiger partial charge in [0, 0.05) is 11.3 Å². The van der Waals surface area contributed by atoms with Crippen LogP contribution in [0, 0.1) is 13.8 Å². The molecule has 0 spiro atoms. The van der Waals surface area contributed by atoms with Crippen molar-refractivity contribution >= 4 is 23.4 Å². The molecule has 2 aromatic rings. The maximum atomic E-state index is 13.2. The number of quaternary nitrogens is 1. The summed E-state index contributed by atoms with van der Waals surface area (Å²) < 4.78 is 4.81. The van der Waals surface area contributed by atoms with Crippen molar-refractivity contribution in [2.45, 2.75) is 33.7 Å². The van der Waals surface area contributed by atoms with Crippen molar-refractivity contribution in [3.8, 4) is 0 Å². The number of aryl methyl sites for hydroxylation is 1. The molecular weight excluding hydrogens is 422 g/mol. The van der Waals surface area contributed by atoms with Gasteiger partial charge in [0.05, 0.1) is 44.9 Å². The fraction of sp³-hybridized carbons (Fsp3) is 0.400. The summed E-state index contributed by atoms with van der Waals surface area (Å²) in [4.78, 5) is 44.2. The van der Waals surface area contributed by atoms with Gasteiger partial charge < -0.3 is 24.6 Å². The van der Waals surface area contributed by atoms with Crippen molar-refractivity contribution in [1.82, 2.24) is 9.88 Å². The number of benzene rings is 1. The molecule has 1 aromatic carbocycles. The molecule has 0 bridgehead atoms. The van der Waals surface area contributed by atoms with Crippen LogP contribution in [0.3, 0.4) is 0 Å². The second-order valence-electron chi connectivity index (χ2n) is 8.23. The number of aromatic nitrogens is 1. The van der Waals surface area contributed by atoms with Gasteiger partial charge in [-0.25, -0.2) is 4.79 Å². The number of hydrogen-bond donors (Lipinski definition) is 3. The van der Waals surface area contributed by atoms with E-state index in [1.54, 1.807) is 18.7 Å². The Morgan fingerprint density at radius 2 is 1.79 bits per heavy atom. The Bertz CT molecular complexity index is 1080. The molecule has 1 aliphatic heterocycles. The van der Waals surface area contributed by atoms with Crippen LogP contribution >= 0.6 is 0 Å². The first-order valence-electron chi connectivity index (χ1n) is 11.2. The summed E-state index contributed by atoms with van der Waals surface area (Å²) in [5, 5.41) is 11.4. The lowest BCUT2D eigenvalue weighted by Gasteiger charge is -2.27. The zero-order valence-electron chi connectivity index (χ0n) is 19.8. The molecule has 1 saturated heterocycles. The third-order valence-corrected chi connectivity index (χ3v) is 6.43. The highest BCUT2D eigenvalue weighted by Crippen LogP contribution is 2.40. The van der Waals surface area contributed by atoms with Crippen molar-refractivity contribution in [3.05, 3.63) is 64.0 Å². The van der Waals surface area contributed by atoms with Crippen LogP contribution in [0.15, 0.2) is 35.9 Å². The van der Waals surface area contributed by atoms with Crippen molar-refractivity contribution in [1.29, 1.82) is 0 Å². The first-order chi connectivity index (χ1) is 15.8. The number of aliphatic hydroxyl groups excluding tert-OH is 1. The highest BCUT2D eigenvalue weighted by molar-refractivity contribution is 6.46. The number of carbonyl (C=O) groups is 3. The standard InChI is InChI=1S/C25H31N3O5/c1-6-27(7-2)13-14-28-21(17-11-9-8-10-12-17)19(23(30)24(28)31)22(29)18-15(3)20(25(32)33-5)26-16(18)4/h8-12,21,26,29H,6-7,13-14H2,1-5H3/p+1/b22-19-/t21-/m0/s1. The minimum absolute atomic E-state index is 0.0300. The number of amides is 1. The molecule has 3 N–H and O–H groups in total. The van der Waals surface area contributed by atoms with Gasteiger partial charge in [-0.3, -0.25) is 9.59 Å². The zero-order chi connectivity index (χ0) is 24.3. The van der Waals surface area contributed by atoms with E-state index < -0.39 is 23.7 Å². The summed E-state index contributed by atoms with van der Waals surface area (Å²) in [6.45, 7) is 10.4. The Hall–Kier alpha value is -3.39. The number of nitrogens with zero attached hydrogens (tertiary/aromatic N) is 1. The molecule has 3 rings (SSSR count). The lowest BCUT2D eigenvalue weighted by atomic mass is 9.94. The number of likely N-dealkylation sites (tertiary alicyclic amines) is 1. The topological polar surface area (TPSA) is 104 Å². The molecule has 176 valence electrons. The van der Waals surface area contributed by atoms with E-state index >= 15 is 0 Å². The Balaban J connectivity index is 2.16. The normalized spacial score (nSPS) is 17.8. The van der Waals surface area contributed by atoms with Gasteiger partial charge in [0.25, 0.3) is 11.7 Å². The summed E-state index contributed by atoms with van der Waals surface area (Å²) in [5.74, 6) is -2.22. The number of esters is 1. The summed E-state index contributed by atoms with van der Waals surface area (Å²) >= 11 is 0. The molecule has 1 amide bonds. The summed E-state index contributed by atoms with van der Waals surface area (Å²) in [6.07, 6.45) is 0. The SMILES string of the molecule is CC[NH+](CC)CCN1C(=O)C(=O)/C(=C(\O)c2c(C)[nH]c(C(=O)OC)c2C)[C@@H]1c1ccccc1. The molecule has 8 nitrogen and oxygen atoms in total. The highest BCUT2D eigenvalue weighted by atomic mass is 16.5. The number of ketones is 1. The fourth-order valence-corrected chi connectivity index (χ4v) is 4.52. The Morgan fingerprint density at radius 3 is 2.36 bits per heavy atom. The number of aliphatic hydroxyl groups is 1. The van der Waals surface area contributed by atoms with Crippen molar-refractivity contribution < 1.29 is 29.1 Å². The third-order valence-electron chi connectivity index (χ3n) is 6.43. The lowest BCUT2D eigenvalue weighted by Crippen LogP contribution is -3.12. The Kier molecular flexibility index (Phi) is 7.38. The summed E-state index contributed by atoms with van der Waals surface area (Å²) in [6, 6.07) is 8.52. The molecule has 1 atom stereocenters. The molecule has 2 heterocycles. The lowest BCUT2D eigenvalue weighted by molar-refractivity contribution is -0.895. The number of nitrogens with one attached hydrogen (secondary N) is 2. The molecule has 33 heavy (non-hydrogen) atoms. The largest absolute Gasteiger partial charge is 0.507 e. The summed E-state index contributed by atoms with van der Waals surface area (Å²) in [7, 11) is 1.27. The highest BCUT2D eigenvalue weighted by Gasteiger charge is 2.46. The van der Waals surface area contributed by atoms with Gasteiger partial charge in [0.15, 0.2) is 0 Å². The van der Waals surface area contributed by atoms with Crippen LogP contribution < -0.4 is 4.90 Å². The Labute approximate surface area is 193 Å². The number of likely N-dealkylation sites (N-methyl/N-ethyl adjacent to an activating group) is 1. The van der Waals surface area contributed by atoms with E-state index in [4.69, 9.17) is 4.74 Å². The second kappa shape index (κ2) is 10.0. The first-order valence-corrected chi connectivity index (χ1v) is 11.2. The van der Waals surface area contributed by atoms with E-state index in [9.17, 15) is 19.5 Å². The predicted octanol–water partition coefficient (Wildman–Crippen LogP) is 1.76. The van der Waals surface area contributed by atoms with Crippen molar-refractivity contribution in [2.24, 2.45) is 0 Å². The number of ether oxygens (including phenoxy) is 1. The maximum Gasteiger partial charge on any atom is 0.354 e. The maximum absolute atomic E-state index is 13.2. The molecule has 1 fully saturated rings. The molecule has 0 unspecified atom stereocenters. The minimum Gasteiger partial charge on any atom is -0.507 e. The molecule has 1 aromatic heterocycles. The van der Waals surface area contributed by atoms with Gasteiger partial charge in [0.2, 0.25) is 0 Å². The molecule has 0 aliphatic carbocycles. The number of carbonyl (C=O) groups excluding carboxylic acids is 3.